The number of methoxy groups -OCH3 is 1. The molecule has 0 fully saturated rings. The van der Waals surface area contributed by atoms with Gasteiger partial charge in [0.15, 0.2) is 0 Å². The quantitative estimate of drug-likeness (QED) is 0.696. The third kappa shape index (κ3) is 5.52. The molecule has 0 aliphatic rings. The first-order chi connectivity index (χ1) is 12.5. The molecule has 2 aromatic rings. The van der Waals surface area contributed by atoms with Crippen LogP contribution >= 0.6 is 0 Å². The summed E-state index contributed by atoms with van der Waals surface area (Å²) < 4.78 is 31.3. The van der Waals surface area contributed by atoms with Gasteiger partial charge in [-0.15, -0.1) is 0 Å². The van der Waals surface area contributed by atoms with Crippen LogP contribution in [0.5, 0.6) is 0 Å². The molecule has 0 unspecified atom stereocenters. The van der Waals surface area contributed by atoms with Crippen molar-refractivity contribution in [1.82, 2.24) is 4.72 Å². The molecule has 7 heteroatoms. The van der Waals surface area contributed by atoms with Crippen LogP contribution in [-0.4, -0.2) is 28.0 Å². The monoisotopic (exact) mass is 374 g/mol. The first-order valence-corrected chi connectivity index (χ1v) is 9.60. The standard InChI is InChI=1S/C19H22N2O4S/c1-3-20-26(23,24)17-11-8-15(9-12-17)10-13-19(22)21-18-7-5-4-6-16(18)14-25-2/h4-13,20H,3,14H2,1-2H3,(H,21,22)/b13-10+. The van der Waals surface area contributed by atoms with Crippen LogP contribution in [0.1, 0.15) is 18.1 Å². The fourth-order valence-electron chi connectivity index (χ4n) is 2.30. The van der Waals surface area contributed by atoms with Gasteiger partial charge in [-0.1, -0.05) is 37.3 Å². The van der Waals surface area contributed by atoms with Crippen molar-refractivity contribution in [2.24, 2.45) is 0 Å². The summed E-state index contributed by atoms with van der Waals surface area (Å²) in [5, 5.41) is 2.81. The fraction of sp³-hybridized carbons (Fsp3) is 0.211. The van der Waals surface area contributed by atoms with E-state index in [9.17, 15) is 13.2 Å². The molecule has 1 amide bonds. The van der Waals surface area contributed by atoms with Crippen LogP contribution in [0, 0.1) is 0 Å². The average Bonchev–Trinajstić information content (AvgIpc) is 2.62. The number of anilines is 1. The second-order valence-corrected chi connectivity index (χ2v) is 7.25. The second kappa shape index (κ2) is 9.28. The number of benzene rings is 2. The molecule has 0 atom stereocenters. The van der Waals surface area contributed by atoms with Crippen LogP contribution in [0.3, 0.4) is 0 Å². The summed E-state index contributed by atoms with van der Waals surface area (Å²) in [5.74, 6) is -0.280. The number of sulfonamides is 1. The van der Waals surface area contributed by atoms with Gasteiger partial charge in [0, 0.05) is 31.0 Å². The van der Waals surface area contributed by atoms with Crippen LogP contribution in [0.2, 0.25) is 0 Å². The first kappa shape index (κ1) is 19.8. The van der Waals surface area contributed by atoms with E-state index < -0.39 is 10.0 Å². The number of carbonyl (C=O) groups excluding carboxylic acids is 1. The van der Waals surface area contributed by atoms with Gasteiger partial charge in [0.1, 0.15) is 0 Å². The molecule has 6 nitrogen and oxygen atoms in total. The topological polar surface area (TPSA) is 84.5 Å². The van der Waals surface area contributed by atoms with Gasteiger partial charge in [0.2, 0.25) is 15.9 Å². The maximum absolute atomic E-state index is 12.1. The zero-order valence-corrected chi connectivity index (χ0v) is 15.5. The maximum atomic E-state index is 12.1. The summed E-state index contributed by atoms with van der Waals surface area (Å²) in [6, 6.07) is 13.7. The predicted molar refractivity (Wildman–Crippen MR) is 102 cm³/mol. The molecule has 2 N–H and O–H groups in total. The molecule has 0 bridgehead atoms. The molecule has 0 aromatic heterocycles. The maximum Gasteiger partial charge on any atom is 0.248 e. The number of hydrogen-bond acceptors (Lipinski definition) is 4. The van der Waals surface area contributed by atoms with Crippen LogP contribution in [0.15, 0.2) is 59.5 Å². The van der Waals surface area contributed by atoms with E-state index in [0.29, 0.717) is 18.8 Å². The molecule has 0 saturated heterocycles. The van der Waals surface area contributed by atoms with Crippen LogP contribution < -0.4 is 10.0 Å². The summed E-state index contributed by atoms with van der Waals surface area (Å²) in [7, 11) is -1.88. The summed E-state index contributed by atoms with van der Waals surface area (Å²) >= 11 is 0. The van der Waals surface area contributed by atoms with Gasteiger partial charge in [-0.3, -0.25) is 4.79 Å². The highest BCUT2D eigenvalue weighted by Crippen LogP contribution is 2.16. The number of nitrogens with one attached hydrogen (secondary N) is 2. The van der Waals surface area contributed by atoms with Crippen molar-refractivity contribution in [3.63, 3.8) is 0 Å². The van der Waals surface area contributed by atoms with Gasteiger partial charge in [-0.05, 0) is 29.8 Å². The Morgan fingerprint density at radius 1 is 1.12 bits per heavy atom. The lowest BCUT2D eigenvalue weighted by Crippen LogP contribution is -2.22. The molecule has 0 aliphatic heterocycles. The normalized spacial score (nSPS) is 11.6. The van der Waals surface area contributed by atoms with E-state index in [-0.39, 0.29) is 10.8 Å². The van der Waals surface area contributed by atoms with Crippen molar-refractivity contribution in [3.8, 4) is 0 Å². The Hall–Kier alpha value is -2.48. The van der Waals surface area contributed by atoms with E-state index in [1.807, 2.05) is 18.2 Å². The molecule has 0 radical (unpaired) electrons. The number of rotatable bonds is 8. The lowest BCUT2D eigenvalue weighted by atomic mass is 10.2. The molecule has 0 heterocycles. The molecular weight excluding hydrogens is 352 g/mol. The van der Waals surface area contributed by atoms with E-state index in [4.69, 9.17) is 4.74 Å². The summed E-state index contributed by atoms with van der Waals surface area (Å²) in [6.07, 6.45) is 3.02. The minimum absolute atomic E-state index is 0.189. The molecule has 2 aromatic carbocycles. The predicted octanol–water partition coefficient (Wildman–Crippen LogP) is 2.78. The lowest BCUT2D eigenvalue weighted by Gasteiger charge is -2.08. The molecule has 0 aliphatic carbocycles. The zero-order chi connectivity index (χ0) is 19.0. The molecule has 138 valence electrons. The second-order valence-electron chi connectivity index (χ2n) is 5.48. The minimum Gasteiger partial charge on any atom is -0.380 e. The number of ether oxygens (including phenoxy) is 1. The average molecular weight is 374 g/mol. The minimum atomic E-state index is -3.47. The van der Waals surface area contributed by atoms with Crippen molar-refractivity contribution in [2.75, 3.05) is 19.0 Å². The van der Waals surface area contributed by atoms with E-state index in [0.717, 1.165) is 11.1 Å². The molecule has 0 saturated carbocycles. The Morgan fingerprint density at radius 2 is 1.81 bits per heavy atom. The number of para-hydroxylation sites is 1. The van der Waals surface area contributed by atoms with Gasteiger partial charge in [-0.2, -0.15) is 0 Å². The zero-order valence-electron chi connectivity index (χ0n) is 14.7. The largest absolute Gasteiger partial charge is 0.380 e. The highest BCUT2D eigenvalue weighted by atomic mass is 32.2. The lowest BCUT2D eigenvalue weighted by molar-refractivity contribution is -0.111. The Morgan fingerprint density at radius 3 is 2.46 bits per heavy atom. The van der Waals surface area contributed by atoms with Crippen molar-refractivity contribution in [3.05, 3.63) is 65.7 Å². The van der Waals surface area contributed by atoms with Crippen molar-refractivity contribution < 1.29 is 17.9 Å². The van der Waals surface area contributed by atoms with Gasteiger partial charge in [-0.25, -0.2) is 13.1 Å². The summed E-state index contributed by atoms with van der Waals surface area (Å²) in [5.41, 5.74) is 2.30. The van der Waals surface area contributed by atoms with Gasteiger partial charge < -0.3 is 10.1 Å². The van der Waals surface area contributed by atoms with E-state index in [2.05, 4.69) is 10.0 Å². The Kier molecular flexibility index (Phi) is 7.08. The third-order valence-electron chi connectivity index (χ3n) is 3.53. The summed E-state index contributed by atoms with van der Waals surface area (Å²) in [4.78, 5) is 12.3. The van der Waals surface area contributed by atoms with Gasteiger partial charge in [0.25, 0.3) is 0 Å². The Labute approximate surface area is 153 Å². The molecule has 26 heavy (non-hydrogen) atoms. The first-order valence-electron chi connectivity index (χ1n) is 8.12. The Bertz CT molecular complexity index is 875. The van der Waals surface area contributed by atoms with Crippen LogP contribution in [0.25, 0.3) is 6.08 Å². The highest BCUT2D eigenvalue weighted by Gasteiger charge is 2.11. The highest BCUT2D eigenvalue weighted by molar-refractivity contribution is 7.89. The van der Waals surface area contributed by atoms with Crippen molar-refractivity contribution in [2.45, 2.75) is 18.4 Å². The van der Waals surface area contributed by atoms with Gasteiger partial charge in [0.05, 0.1) is 11.5 Å². The van der Waals surface area contributed by atoms with Crippen LogP contribution in [0.4, 0.5) is 5.69 Å². The molecule has 0 spiro atoms. The third-order valence-corrected chi connectivity index (χ3v) is 5.09. The Balaban J connectivity index is 2.05. The van der Waals surface area contributed by atoms with Gasteiger partial charge >= 0.3 is 0 Å². The molecule has 2 rings (SSSR count). The van der Waals surface area contributed by atoms with E-state index in [1.54, 1.807) is 38.3 Å². The van der Waals surface area contributed by atoms with E-state index >= 15 is 0 Å². The van der Waals surface area contributed by atoms with Crippen molar-refractivity contribution >= 4 is 27.7 Å². The van der Waals surface area contributed by atoms with Crippen LogP contribution in [-0.2, 0) is 26.2 Å². The molecular formula is C19H22N2O4S. The SMILES string of the molecule is CCNS(=O)(=O)c1ccc(/C=C/C(=O)Nc2ccccc2COC)cc1. The fourth-order valence-corrected chi connectivity index (χ4v) is 3.34. The van der Waals surface area contributed by atoms with E-state index in [1.165, 1.54) is 18.2 Å². The number of hydrogen-bond donors (Lipinski definition) is 2. The number of carbonyl (C=O) groups is 1. The van der Waals surface area contributed by atoms with Crippen molar-refractivity contribution in [1.29, 1.82) is 0 Å². The number of amides is 1. The summed E-state index contributed by atoms with van der Waals surface area (Å²) in [6.45, 7) is 2.45. The smallest absolute Gasteiger partial charge is 0.248 e.